The van der Waals surface area contributed by atoms with Crippen molar-refractivity contribution in [1.29, 1.82) is 0 Å². The van der Waals surface area contributed by atoms with Gasteiger partial charge in [-0.05, 0) is 6.42 Å². The normalized spacial score (nSPS) is 15.5. The number of hydrogen-bond acceptors (Lipinski definition) is 7. The largest absolute Gasteiger partial charge is 0.395 e. The highest BCUT2D eigenvalue weighted by Crippen LogP contribution is 2.11. The summed E-state index contributed by atoms with van der Waals surface area (Å²) < 4.78 is 3.90. The minimum absolute atomic E-state index is 0.0254. The van der Waals surface area contributed by atoms with E-state index in [1.807, 2.05) is 4.90 Å². The molecule has 26 heavy (non-hydrogen) atoms. The van der Waals surface area contributed by atoms with Gasteiger partial charge in [0.1, 0.15) is 0 Å². The molecule has 0 radical (unpaired) electrons. The highest BCUT2D eigenvalue weighted by Gasteiger charge is 2.20. The molecule has 0 spiro atoms. The molecule has 1 aliphatic heterocycles. The van der Waals surface area contributed by atoms with Gasteiger partial charge in [-0.2, -0.15) is 0 Å². The van der Waals surface area contributed by atoms with Gasteiger partial charge in [-0.15, -0.1) is 0 Å². The number of amidine groups is 1. The molecule has 2 N–H and O–H groups in total. The van der Waals surface area contributed by atoms with Crippen LogP contribution in [0.3, 0.4) is 0 Å². The topological polar surface area (TPSA) is 118 Å². The average molecular weight is 364 g/mol. The molecule has 0 saturated carbocycles. The van der Waals surface area contributed by atoms with Gasteiger partial charge in [0.05, 0.1) is 31.4 Å². The predicted octanol–water partition coefficient (Wildman–Crippen LogP) is -1.72. The second-order valence-electron chi connectivity index (χ2n) is 6.50. The number of fused-ring (bicyclic) bond motifs is 1. The molecule has 1 unspecified atom stereocenters. The summed E-state index contributed by atoms with van der Waals surface area (Å²) >= 11 is 0. The molecular formula is C16H24N6O4. The first-order chi connectivity index (χ1) is 12.4. The van der Waals surface area contributed by atoms with E-state index in [1.54, 1.807) is 11.6 Å². The van der Waals surface area contributed by atoms with Gasteiger partial charge in [-0.1, -0.05) is 0 Å². The molecule has 1 aliphatic rings. The van der Waals surface area contributed by atoms with E-state index in [4.69, 9.17) is 0 Å². The first kappa shape index (κ1) is 18.3. The number of aromatic nitrogens is 4. The van der Waals surface area contributed by atoms with Crippen LogP contribution in [0.25, 0.3) is 11.2 Å². The molecule has 0 fully saturated rings. The fourth-order valence-corrected chi connectivity index (χ4v) is 3.30. The summed E-state index contributed by atoms with van der Waals surface area (Å²) in [6, 6.07) is 0. The smallest absolute Gasteiger partial charge is 0.332 e. The van der Waals surface area contributed by atoms with E-state index in [0.29, 0.717) is 13.1 Å². The van der Waals surface area contributed by atoms with Crippen molar-refractivity contribution < 1.29 is 10.2 Å². The number of aliphatic hydroxyl groups excluding tert-OH is 2. The van der Waals surface area contributed by atoms with Crippen molar-refractivity contribution in [2.24, 2.45) is 19.1 Å². The van der Waals surface area contributed by atoms with Crippen LogP contribution in [-0.2, 0) is 20.6 Å². The Morgan fingerprint density at radius 2 is 2.08 bits per heavy atom. The Labute approximate surface area is 149 Å². The maximum Gasteiger partial charge on any atom is 0.332 e. The van der Waals surface area contributed by atoms with E-state index < -0.39 is 17.4 Å². The van der Waals surface area contributed by atoms with Gasteiger partial charge in [0.15, 0.2) is 11.2 Å². The van der Waals surface area contributed by atoms with Gasteiger partial charge in [0, 0.05) is 40.2 Å². The molecular weight excluding hydrogens is 340 g/mol. The fourth-order valence-electron chi connectivity index (χ4n) is 3.30. The molecule has 2 aromatic heterocycles. The summed E-state index contributed by atoms with van der Waals surface area (Å²) in [4.78, 5) is 34.9. The first-order valence-corrected chi connectivity index (χ1v) is 8.62. The Bertz CT molecular complexity index is 941. The van der Waals surface area contributed by atoms with Gasteiger partial charge in [0.2, 0.25) is 0 Å². The minimum Gasteiger partial charge on any atom is -0.395 e. The Hall–Kier alpha value is -2.46. The number of aliphatic hydroxyl groups is 2. The highest BCUT2D eigenvalue weighted by molar-refractivity contribution is 5.83. The van der Waals surface area contributed by atoms with Crippen LogP contribution >= 0.6 is 0 Å². The van der Waals surface area contributed by atoms with Crippen molar-refractivity contribution in [3.8, 4) is 0 Å². The zero-order valence-electron chi connectivity index (χ0n) is 15.0. The number of aliphatic imine (C=N–C) groups is 1. The summed E-state index contributed by atoms with van der Waals surface area (Å²) in [5.74, 6) is 0.895. The second kappa shape index (κ2) is 7.42. The fraction of sp³-hybridized carbons (Fsp3) is 0.625. The zero-order chi connectivity index (χ0) is 18.8. The lowest BCUT2D eigenvalue weighted by molar-refractivity contribution is 0.117. The Kier molecular flexibility index (Phi) is 5.23. The van der Waals surface area contributed by atoms with Crippen LogP contribution < -0.4 is 11.2 Å². The van der Waals surface area contributed by atoms with Crippen LogP contribution in [0.5, 0.6) is 0 Å². The van der Waals surface area contributed by atoms with Crippen LogP contribution in [0.2, 0.25) is 0 Å². The van der Waals surface area contributed by atoms with Crippen molar-refractivity contribution in [1.82, 2.24) is 23.6 Å². The molecule has 2 aromatic rings. The lowest BCUT2D eigenvalue weighted by atomic mass is 10.2. The van der Waals surface area contributed by atoms with E-state index in [-0.39, 0.29) is 24.3 Å². The summed E-state index contributed by atoms with van der Waals surface area (Å²) in [5, 5.41) is 19.8. The van der Waals surface area contributed by atoms with Crippen LogP contribution in [0, 0.1) is 0 Å². The Morgan fingerprint density at radius 1 is 1.31 bits per heavy atom. The van der Waals surface area contributed by atoms with Gasteiger partial charge in [0.25, 0.3) is 5.56 Å². The van der Waals surface area contributed by atoms with E-state index in [9.17, 15) is 19.8 Å². The lowest BCUT2D eigenvalue weighted by Crippen LogP contribution is -2.41. The third-order valence-corrected chi connectivity index (χ3v) is 4.64. The first-order valence-electron chi connectivity index (χ1n) is 8.62. The van der Waals surface area contributed by atoms with Crippen LogP contribution in [-0.4, -0.2) is 72.0 Å². The molecule has 0 saturated heterocycles. The average Bonchev–Trinajstić information content (AvgIpc) is 3.28. The maximum absolute atomic E-state index is 12.4. The summed E-state index contributed by atoms with van der Waals surface area (Å²) in [6.45, 7) is 1.59. The van der Waals surface area contributed by atoms with Crippen molar-refractivity contribution >= 4 is 17.0 Å². The molecule has 3 rings (SSSR count). The Balaban J connectivity index is 1.84. The zero-order valence-corrected chi connectivity index (χ0v) is 15.0. The summed E-state index contributed by atoms with van der Waals surface area (Å²) in [7, 11) is 2.97. The van der Waals surface area contributed by atoms with Crippen LogP contribution in [0.4, 0.5) is 0 Å². The van der Waals surface area contributed by atoms with Crippen LogP contribution in [0.15, 0.2) is 20.9 Å². The molecule has 142 valence electrons. The molecule has 1 atom stereocenters. The molecule has 0 aromatic carbocycles. The highest BCUT2D eigenvalue weighted by atomic mass is 16.3. The molecule has 10 heteroatoms. The van der Waals surface area contributed by atoms with E-state index in [2.05, 4.69) is 9.98 Å². The number of hydrogen-bond donors (Lipinski definition) is 2. The second-order valence-corrected chi connectivity index (χ2v) is 6.50. The standard InChI is InChI=1S/C16H24N6O4/c1-19-14-13(15(25)20(2)16(19)26)22(10-18-14)9-11(24)8-21(6-7-23)12-4-3-5-17-12/h10-11,23-24H,3-9H2,1-2H3. The number of imidazole rings is 1. The molecule has 0 bridgehead atoms. The van der Waals surface area contributed by atoms with Gasteiger partial charge in [-0.3, -0.25) is 18.9 Å². The third-order valence-electron chi connectivity index (χ3n) is 4.64. The van der Waals surface area contributed by atoms with E-state index in [0.717, 1.165) is 29.8 Å². The monoisotopic (exact) mass is 364 g/mol. The molecule has 10 nitrogen and oxygen atoms in total. The number of aryl methyl sites for hydroxylation is 1. The number of nitrogens with zero attached hydrogens (tertiary/aromatic N) is 6. The lowest BCUT2D eigenvalue weighted by Gasteiger charge is -2.26. The van der Waals surface area contributed by atoms with Crippen molar-refractivity contribution in [3.63, 3.8) is 0 Å². The van der Waals surface area contributed by atoms with Crippen molar-refractivity contribution in [2.75, 3.05) is 26.2 Å². The SMILES string of the molecule is Cn1c(=O)c2c(ncn2CC(O)CN(CCO)C2=NCCC2)n(C)c1=O. The van der Waals surface area contributed by atoms with Crippen LogP contribution in [0.1, 0.15) is 12.8 Å². The third kappa shape index (κ3) is 3.29. The van der Waals surface area contributed by atoms with E-state index in [1.165, 1.54) is 17.9 Å². The molecule has 0 aliphatic carbocycles. The van der Waals surface area contributed by atoms with Gasteiger partial charge < -0.3 is 19.7 Å². The minimum atomic E-state index is -0.788. The van der Waals surface area contributed by atoms with Crippen molar-refractivity contribution in [2.45, 2.75) is 25.5 Å². The quantitative estimate of drug-likeness (QED) is 0.630. The number of rotatable bonds is 6. The van der Waals surface area contributed by atoms with Gasteiger partial charge >= 0.3 is 5.69 Å². The summed E-state index contributed by atoms with van der Waals surface area (Å²) in [5.41, 5.74) is -0.319. The predicted molar refractivity (Wildman–Crippen MR) is 96.4 cm³/mol. The van der Waals surface area contributed by atoms with Gasteiger partial charge in [-0.25, -0.2) is 9.78 Å². The summed E-state index contributed by atoms with van der Waals surface area (Å²) in [6.07, 6.45) is 2.48. The Morgan fingerprint density at radius 3 is 2.73 bits per heavy atom. The molecule has 3 heterocycles. The van der Waals surface area contributed by atoms with E-state index >= 15 is 0 Å². The van der Waals surface area contributed by atoms with Crippen molar-refractivity contribution in [3.05, 3.63) is 27.2 Å². The molecule has 0 amide bonds. The maximum atomic E-state index is 12.4.